The Balaban J connectivity index is 1.66. The third kappa shape index (κ3) is 5.35. The zero-order valence-corrected chi connectivity index (χ0v) is 15.6. The van der Waals surface area contributed by atoms with E-state index in [1.165, 1.54) is 5.69 Å². The molecule has 0 aliphatic heterocycles. The zero-order chi connectivity index (χ0) is 18.9. The minimum absolute atomic E-state index is 0.485. The molecule has 2 aromatic carbocycles. The second kappa shape index (κ2) is 9.44. The third-order valence-electron chi connectivity index (χ3n) is 4.42. The van der Waals surface area contributed by atoms with Crippen LogP contribution in [0.4, 0.5) is 5.69 Å². The van der Waals surface area contributed by atoms with Crippen molar-refractivity contribution in [2.45, 2.75) is 19.4 Å². The number of benzene rings is 2. The Morgan fingerprint density at radius 1 is 1.15 bits per heavy atom. The van der Waals surface area contributed by atoms with Gasteiger partial charge in [0.15, 0.2) is 0 Å². The smallest absolute Gasteiger partial charge is 0.122 e. The van der Waals surface area contributed by atoms with Gasteiger partial charge >= 0.3 is 0 Å². The molecule has 138 valence electrons. The summed E-state index contributed by atoms with van der Waals surface area (Å²) in [6, 6.07) is 20.6. The van der Waals surface area contributed by atoms with Gasteiger partial charge in [0.25, 0.3) is 0 Å². The number of nitriles is 1. The normalized spacial score (nSPS) is 10.4. The second-order valence-electron chi connectivity index (χ2n) is 6.41. The van der Waals surface area contributed by atoms with Crippen LogP contribution in [0.5, 0.6) is 5.75 Å². The molecule has 0 amide bonds. The molecule has 0 saturated carbocycles. The fourth-order valence-electron chi connectivity index (χ4n) is 2.91. The lowest BCUT2D eigenvalue weighted by Gasteiger charge is -2.20. The molecule has 0 aliphatic carbocycles. The molecule has 0 unspecified atom stereocenters. The minimum atomic E-state index is 0.485. The van der Waals surface area contributed by atoms with Gasteiger partial charge in [0.2, 0.25) is 0 Å². The van der Waals surface area contributed by atoms with E-state index < -0.39 is 0 Å². The zero-order valence-electron chi connectivity index (χ0n) is 15.6. The van der Waals surface area contributed by atoms with E-state index in [0.29, 0.717) is 26.0 Å². The number of para-hydroxylation sites is 1. The number of nitrogens with zero attached hydrogens (tertiary/aromatic N) is 4. The monoisotopic (exact) mass is 360 g/mol. The van der Waals surface area contributed by atoms with E-state index in [1.807, 2.05) is 35.1 Å². The second-order valence-corrected chi connectivity index (χ2v) is 6.41. The molecular weight excluding hydrogens is 336 g/mol. The van der Waals surface area contributed by atoms with Crippen LogP contribution >= 0.6 is 0 Å². The highest BCUT2D eigenvalue weighted by Crippen LogP contribution is 2.23. The maximum Gasteiger partial charge on any atom is 0.122 e. The van der Waals surface area contributed by atoms with Gasteiger partial charge in [0.05, 0.1) is 19.2 Å². The molecule has 0 atom stereocenters. The lowest BCUT2D eigenvalue weighted by Crippen LogP contribution is -2.23. The van der Waals surface area contributed by atoms with Gasteiger partial charge in [-0.1, -0.05) is 30.3 Å². The van der Waals surface area contributed by atoms with Crippen molar-refractivity contribution in [3.63, 3.8) is 0 Å². The van der Waals surface area contributed by atoms with Crippen LogP contribution < -0.4 is 9.64 Å². The Bertz CT molecular complexity index is 869. The van der Waals surface area contributed by atoms with Crippen molar-refractivity contribution in [1.82, 2.24) is 9.78 Å². The molecule has 0 bridgehead atoms. The predicted octanol–water partition coefficient (Wildman–Crippen LogP) is 3.90. The average Bonchev–Trinajstić information content (AvgIpc) is 3.21. The molecule has 3 rings (SSSR count). The summed E-state index contributed by atoms with van der Waals surface area (Å²) in [6.07, 6.45) is 4.90. The summed E-state index contributed by atoms with van der Waals surface area (Å²) in [7, 11) is 2.06. The average molecular weight is 360 g/mol. The molecule has 0 saturated heterocycles. The third-order valence-corrected chi connectivity index (χ3v) is 4.42. The van der Waals surface area contributed by atoms with Gasteiger partial charge in [-0.3, -0.25) is 4.68 Å². The van der Waals surface area contributed by atoms with E-state index in [4.69, 9.17) is 10.00 Å². The summed E-state index contributed by atoms with van der Waals surface area (Å²) in [5, 5.41) is 13.2. The molecule has 0 radical (unpaired) electrons. The van der Waals surface area contributed by atoms with Gasteiger partial charge < -0.3 is 9.64 Å². The fourth-order valence-corrected chi connectivity index (χ4v) is 2.91. The SMILES string of the molecule is CN(CCOc1cc(Cn2cccn2)ccc1CCC#N)c1ccccc1. The lowest BCUT2D eigenvalue weighted by atomic mass is 10.1. The molecule has 0 aliphatic rings. The Labute approximate surface area is 160 Å². The number of hydrogen-bond donors (Lipinski definition) is 0. The topological polar surface area (TPSA) is 54.1 Å². The summed E-state index contributed by atoms with van der Waals surface area (Å²) in [4.78, 5) is 2.17. The fraction of sp³-hybridized carbons (Fsp3) is 0.273. The quantitative estimate of drug-likeness (QED) is 0.581. The number of hydrogen-bond acceptors (Lipinski definition) is 4. The van der Waals surface area contributed by atoms with Crippen molar-refractivity contribution in [3.05, 3.63) is 78.1 Å². The highest BCUT2D eigenvalue weighted by Gasteiger charge is 2.08. The number of aryl methyl sites for hydroxylation is 1. The van der Waals surface area contributed by atoms with Gasteiger partial charge in [-0.05, 0) is 41.8 Å². The van der Waals surface area contributed by atoms with Gasteiger partial charge in [0, 0.05) is 31.5 Å². The summed E-state index contributed by atoms with van der Waals surface area (Å²) in [5.74, 6) is 0.858. The van der Waals surface area contributed by atoms with Gasteiger partial charge in [-0.2, -0.15) is 10.4 Å². The first-order chi connectivity index (χ1) is 13.3. The van der Waals surface area contributed by atoms with E-state index in [0.717, 1.165) is 23.4 Å². The Morgan fingerprint density at radius 3 is 2.74 bits per heavy atom. The standard InChI is InChI=1S/C22H24N4O/c1-25(21-8-3-2-4-9-21)15-16-27-22-17-19(18-26-14-6-13-24-26)10-11-20(22)7-5-12-23/h2-4,6,8-11,13-14,17H,5,7,15-16,18H2,1H3. The maximum atomic E-state index is 8.91. The highest BCUT2D eigenvalue weighted by atomic mass is 16.5. The summed E-state index contributed by atoms with van der Waals surface area (Å²) >= 11 is 0. The van der Waals surface area contributed by atoms with Crippen molar-refractivity contribution < 1.29 is 4.74 Å². The first kappa shape index (κ1) is 18.5. The van der Waals surface area contributed by atoms with Crippen LogP contribution in [0.1, 0.15) is 17.5 Å². The van der Waals surface area contributed by atoms with Crippen LogP contribution in [-0.4, -0.2) is 30.0 Å². The largest absolute Gasteiger partial charge is 0.491 e. The molecular formula is C22H24N4O. The van der Waals surface area contributed by atoms with Crippen LogP contribution in [0.3, 0.4) is 0 Å². The Morgan fingerprint density at radius 2 is 2.00 bits per heavy atom. The van der Waals surface area contributed by atoms with E-state index >= 15 is 0 Å². The molecule has 5 nitrogen and oxygen atoms in total. The first-order valence-corrected chi connectivity index (χ1v) is 9.11. The Hall–Kier alpha value is -3.26. The van der Waals surface area contributed by atoms with Crippen LogP contribution in [0.15, 0.2) is 67.0 Å². The number of rotatable bonds is 9. The molecule has 0 fully saturated rings. The van der Waals surface area contributed by atoms with Gasteiger partial charge in [-0.25, -0.2) is 0 Å². The van der Waals surface area contributed by atoms with Gasteiger partial charge in [0.1, 0.15) is 12.4 Å². The predicted molar refractivity (Wildman–Crippen MR) is 107 cm³/mol. The molecule has 1 heterocycles. The van der Waals surface area contributed by atoms with Crippen molar-refractivity contribution in [2.75, 3.05) is 25.1 Å². The molecule has 0 spiro atoms. The van der Waals surface area contributed by atoms with E-state index in [1.54, 1.807) is 6.20 Å². The van der Waals surface area contributed by atoms with Crippen molar-refractivity contribution in [2.24, 2.45) is 0 Å². The summed E-state index contributed by atoms with van der Waals surface area (Å²) in [5.41, 5.74) is 3.37. The van der Waals surface area contributed by atoms with Crippen molar-refractivity contribution in [1.29, 1.82) is 5.26 Å². The minimum Gasteiger partial charge on any atom is -0.491 e. The lowest BCUT2D eigenvalue weighted by molar-refractivity contribution is 0.322. The van der Waals surface area contributed by atoms with Crippen molar-refractivity contribution in [3.8, 4) is 11.8 Å². The molecule has 0 N–H and O–H groups in total. The van der Waals surface area contributed by atoms with Crippen LogP contribution in [0.25, 0.3) is 0 Å². The number of likely N-dealkylation sites (N-methyl/N-ethyl adjacent to an activating group) is 1. The molecule has 5 heteroatoms. The summed E-state index contributed by atoms with van der Waals surface area (Å²) in [6.45, 7) is 2.06. The Kier molecular flexibility index (Phi) is 6.48. The first-order valence-electron chi connectivity index (χ1n) is 9.11. The molecule has 27 heavy (non-hydrogen) atoms. The number of ether oxygens (including phenoxy) is 1. The van der Waals surface area contributed by atoms with E-state index in [-0.39, 0.29) is 0 Å². The molecule has 3 aromatic rings. The summed E-state index contributed by atoms with van der Waals surface area (Å²) < 4.78 is 7.99. The van der Waals surface area contributed by atoms with E-state index in [9.17, 15) is 0 Å². The van der Waals surface area contributed by atoms with Crippen LogP contribution in [-0.2, 0) is 13.0 Å². The molecule has 1 aromatic heterocycles. The highest BCUT2D eigenvalue weighted by molar-refractivity contribution is 5.45. The van der Waals surface area contributed by atoms with E-state index in [2.05, 4.69) is 53.4 Å². The van der Waals surface area contributed by atoms with Crippen LogP contribution in [0.2, 0.25) is 0 Å². The van der Waals surface area contributed by atoms with Gasteiger partial charge in [-0.15, -0.1) is 0 Å². The number of aromatic nitrogens is 2. The number of anilines is 1. The van der Waals surface area contributed by atoms with Crippen molar-refractivity contribution >= 4 is 5.69 Å². The van der Waals surface area contributed by atoms with Crippen LogP contribution in [0, 0.1) is 11.3 Å². The maximum absolute atomic E-state index is 8.91.